The summed E-state index contributed by atoms with van der Waals surface area (Å²) in [6.45, 7) is 4.32. The molecule has 0 spiro atoms. The number of aryl methyl sites for hydroxylation is 1. The van der Waals surface area contributed by atoms with E-state index >= 15 is 0 Å². The SMILES string of the molecule is Cc1ncccc1C(=O)N1C[C@@H](Oc2ccccc2)C[C@H]1C(=O)N1CCOCC1. The third-order valence-corrected chi connectivity index (χ3v) is 5.41. The van der Waals surface area contributed by atoms with Crippen molar-refractivity contribution in [1.29, 1.82) is 0 Å². The summed E-state index contributed by atoms with van der Waals surface area (Å²) >= 11 is 0. The van der Waals surface area contributed by atoms with E-state index in [9.17, 15) is 9.59 Å². The van der Waals surface area contributed by atoms with Crippen LogP contribution in [0.5, 0.6) is 5.75 Å². The smallest absolute Gasteiger partial charge is 0.256 e. The van der Waals surface area contributed by atoms with Gasteiger partial charge in [0.25, 0.3) is 5.91 Å². The second-order valence-electron chi connectivity index (χ2n) is 7.34. The zero-order valence-electron chi connectivity index (χ0n) is 16.5. The summed E-state index contributed by atoms with van der Waals surface area (Å²) in [5.74, 6) is 0.519. The lowest BCUT2D eigenvalue weighted by molar-refractivity contribution is -0.139. The average molecular weight is 395 g/mol. The zero-order valence-corrected chi connectivity index (χ0v) is 16.5. The highest BCUT2D eigenvalue weighted by Crippen LogP contribution is 2.27. The van der Waals surface area contributed by atoms with Gasteiger partial charge in [-0.15, -0.1) is 0 Å². The van der Waals surface area contributed by atoms with Crippen LogP contribution in [0, 0.1) is 6.92 Å². The number of morpholine rings is 1. The lowest BCUT2D eigenvalue weighted by Gasteiger charge is -2.32. The highest BCUT2D eigenvalue weighted by Gasteiger charge is 2.43. The van der Waals surface area contributed by atoms with Crippen molar-refractivity contribution < 1.29 is 19.1 Å². The molecule has 0 saturated carbocycles. The first-order valence-corrected chi connectivity index (χ1v) is 9.94. The topological polar surface area (TPSA) is 72.0 Å². The monoisotopic (exact) mass is 395 g/mol. The number of para-hydroxylation sites is 1. The maximum Gasteiger partial charge on any atom is 0.256 e. The molecule has 2 aliphatic rings. The van der Waals surface area contributed by atoms with Crippen LogP contribution in [-0.2, 0) is 9.53 Å². The molecule has 2 amide bonds. The predicted molar refractivity (Wildman–Crippen MR) is 107 cm³/mol. The van der Waals surface area contributed by atoms with Gasteiger partial charge in [-0.05, 0) is 31.2 Å². The number of aromatic nitrogens is 1. The molecule has 0 aliphatic carbocycles. The Labute approximate surface area is 170 Å². The number of hydrogen-bond donors (Lipinski definition) is 0. The molecule has 0 unspecified atom stereocenters. The molecule has 1 aromatic carbocycles. The average Bonchev–Trinajstić information content (AvgIpc) is 3.18. The van der Waals surface area contributed by atoms with E-state index in [2.05, 4.69) is 4.98 Å². The Hall–Kier alpha value is -2.93. The van der Waals surface area contributed by atoms with Gasteiger partial charge in [-0.2, -0.15) is 0 Å². The number of ether oxygens (including phenoxy) is 2. The second-order valence-corrected chi connectivity index (χ2v) is 7.34. The van der Waals surface area contributed by atoms with Crippen LogP contribution in [0.3, 0.4) is 0 Å². The van der Waals surface area contributed by atoms with Gasteiger partial charge in [-0.1, -0.05) is 18.2 Å². The molecule has 2 atom stereocenters. The Morgan fingerprint density at radius 2 is 1.86 bits per heavy atom. The van der Waals surface area contributed by atoms with Gasteiger partial charge in [0.15, 0.2) is 0 Å². The van der Waals surface area contributed by atoms with Crippen LogP contribution in [0.25, 0.3) is 0 Å². The number of nitrogens with zero attached hydrogens (tertiary/aromatic N) is 3. The molecule has 29 heavy (non-hydrogen) atoms. The molecule has 4 rings (SSSR count). The van der Waals surface area contributed by atoms with Crippen molar-refractivity contribution in [1.82, 2.24) is 14.8 Å². The number of pyridine rings is 1. The van der Waals surface area contributed by atoms with Crippen molar-refractivity contribution in [2.24, 2.45) is 0 Å². The molecule has 7 heteroatoms. The van der Waals surface area contributed by atoms with Crippen LogP contribution in [-0.4, -0.2) is 71.6 Å². The van der Waals surface area contributed by atoms with Crippen LogP contribution < -0.4 is 4.74 Å². The summed E-state index contributed by atoms with van der Waals surface area (Å²) in [5.41, 5.74) is 1.18. The summed E-state index contributed by atoms with van der Waals surface area (Å²) in [6, 6.07) is 12.5. The summed E-state index contributed by atoms with van der Waals surface area (Å²) in [5, 5.41) is 0. The first kappa shape index (κ1) is 19.4. The predicted octanol–water partition coefficient (Wildman–Crippen LogP) is 1.91. The number of carbonyl (C=O) groups is 2. The lowest BCUT2D eigenvalue weighted by Crippen LogP contribution is -2.51. The third-order valence-electron chi connectivity index (χ3n) is 5.41. The maximum absolute atomic E-state index is 13.3. The van der Waals surface area contributed by atoms with E-state index in [1.54, 1.807) is 35.1 Å². The van der Waals surface area contributed by atoms with Crippen molar-refractivity contribution in [2.45, 2.75) is 25.5 Å². The van der Waals surface area contributed by atoms with Gasteiger partial charge >= 0.3 is 0 Å². The Morgan fingerprint density at radius 3 is 2.59 bits per heavy atom. The first-order valence-electron chi connectivity index (χ1n) is 9.94. The van der Waals surface area contributed by atoms with E-state index < -0.39 is 6.04 Å². The van der Waals surface area contributed by atoms with Gasteiger partial charge in [0.1, 0.15) is 17.9 Å². The fraction of sp³-hybridized carbons (Fsp3) is 0.409. The Bertz CT molecular complexity index is 867. The highest BCUT2D eigenvalue weighted by atomic mass is 16.5. The minimum Gasteiger partial charge on any atom is -0.488 e. The molecule has 3 heterocycles. The zero-order chi connectivity index (χ0) is 20.2. The van der Waals surface area contributed by atoms with E-state index in [4.69, 9.17) is 9.47 Å². The minimum absolute atomic E-state index is 0.0395. The molecule has 2 saturated heterocycles. The van der Waals surface area contributed by atoms with E-state index in [1.807, 2.05) is 30.3 Å². The molecule has 0 radical (unpaired) electrons. The van der Waals surface area contributed by atoms with Gasteiger partial charge in [-0.25, -0.2) is 0 Å². The molecular weight excluding hydrogens is 370 g/mol. The van der Waals surface area contributed by atoms with Gasteiger partial charge in [0.05, 0.1) is 25.3 Å². The number of amides is 2. The number of rotatable bonds is 4. The summed E-state index contributed by atoms with van der Waals surface area (Å²) < 4.78 is 11.4. The maximum atomic E-state index is 13.3. The van der Waals surface area contributed by atoms with E-state index in [-0.39, 0.29) is 17.9 Å². The number of likely N-dealkylation sites (tertiary alicyclic amines) is 1. The van der Waals surface area contributed by atoms with Crippen molar-refractivity contribution in [2.75, 3.05) is 32.8 Å². The lowest BCUT2D eigenvalue weighted by atomic mass is 10.1. The van der Waals surface area contributed by atoms with E-state index in [0.717, 1.165) is 5.75 Å². The van der Waals surface area contributed by atoms with E-state index in [0.29, 0.717) is 50.5 Å². The number of hydrogen-bond acceptors (Lipinski definition) is 5. The molecule has 7 nitrogen and oxygen atoms in total. The quantitative estimate of drug-likeness (QED) is 0.791. The fourth-order valence-electron chi connectivity index (χ4n) is 3.89. The highest BCUT2D eigenvalue weighted by molar-refractivity contribution is 5.98. The van der Waals surface area contributed by atoms with Crippen LogP contribution in [0.2, 0.25) is 0 Å². The summed E-state index contributed by atoms with van der Waals surface area (Å²) in [6.07, 6.45) is 1.89. The molecule has 0 N–H and O–H groups in total. The summed E-state index contributed by atoms with van der Waals surface area (Å²) in [4.78, 5) is 34.2. The fourth-order valence-corrected chi connectivity index (χ4v) is 3.89. The van der Waals surface area contributed by atoms with E-state index in [1.165, 1.54) is 0 Å². The van der Waals surface area contributed by atoms with Crippen LogP contribution in [0.15, 0.2) is 48.7 Å². The van der Waals surface area contributed by atoms with Gasteiger partial charge in [0, 0.05) is 31.4 Å². The summed E-state index contributed by atoms with van der Waals surface area (Å²) in [7, 11) is 0. The van der Waals surface area contributed by atoms with Crippen molar-refractivity contribution in [3.05, 3.63) is 59.9 Å². The third kappa shape index (κ3) is 4.24. The Balaban J connectivity index is 1.57. The van der Waals surface area contributed by atoms with Gasteiger partial charge in [-0.3, -0.25) is 14.6 Å². The number of benzene rings is 1. The molecule has 2 aromatic rings. The van der Waals surface area contributed by atoms with Crippen molar-refractivity contribution in [3.63, 3.8) is 0 Å². The molecule has 2 fully saturated rings. The normalized spacial score (nSPS) is 21.8. The molecule has 2 aliphatic heterocycles. The first-order chi connectivity index (χ1) is 14.1. The van der Waals surface area contributed by atoms with Crippen molar-refractivity contribution >= 4 is 11.8 Å². The Kier molecular flexibility index (Phi) is 5.76. The van der Waals surface area contributed by atoms with Gasteiger partial charge < -0.3 is 19.3 Å². The molecule has 152 valence electrons. The van der Waals surface area contributed by atoms with Crippen LogP contribution >= 0.6 is 0 Å². The molecule has 0 bridgehead atoms. The second kappa shape index (κ2) is 8.61. The molecule has 1 aromatic heterocycles. The Morgan fingerprint density at radius 1 is 1.10 bits per heavy atom. The number of carbonyl (C=O) groups excluding carboxylic acids is 2. The van der Waals surface area contributed by atoms with Crippen molar-refractivity contribution in [3.8, 4) is 5.75 Å². The standard InChI is InChI=1S/C22H25N3O4/c1-16-19(8-5-9-23-16)21(26)25-15-18(29-17-6-3-2-4-7-17)14-20(25)22(27)24-10-12-28-13-11-24/h2-9,18,20H,10-15H2,1H3/t18-,20-/m0/s1. The molecular formula is C22H25N3O4. The largest absolute Gasteiger partial charge is 0.488 e. The van der Waals surface area contributed by atoms with Crippen LogP contribution in [0.4, 0.5) is 0 Å². The minimum atomic E-state index is -0.547. The van der Waals surface area contributed by atoms with Crippen LogP contribution in [0.1, 0.15) is 22.5 Å². The van der Waals surface area contributed by atoms with Gasteiger partial charge in [0.2, 0.25) is 5.91 Å².